The van der Waals surface area contributed by atoms with Gasteiger partial charge in [-0.2, -0.15) is 5.10 Å². The summed E-state index contributed by atoms with van der Waals surface area (Å²) in [4.78, 5) is 2.77. The van der Waals surface area contributed by atoms with E-state index < -0.39 is 0 Å². The summed E-state index contributed by atoms with van der Waals surface area (Å²) in [5.74, 6) is 0. The van der Waals surface area contributed by atoms with Crippen LogP contribution in [0.15, 0.2) is 6.20 Å². The first-order valence-corrected chi connectivity index (χ1v) is 3.14. The predicted octanol–water partition coefficient (Wildman–Crippen LogP) is 1.21. The SMILES string of the molecule is Cn1ncc(=S)[nH]c1=S. The number of nitrogens with zero attached hydrogens (tertiary/aromatic N) is 2. The van der Waals surface area contributed by atoms with Crippen molar-refractivity contribution in [3.63, 3.8) is 0 Å². The molecule has 0 saturated carbocycles. The number of nitrogens with one attached hydrogen (secondary N) is 1. The van der Waals surface area contributed by atoms with E-state index in [1.54, 1.807) is 17.9 Å². The molecule has 5 heteroatoms. The third-order valence-corrected chi connectivity index (χ3v) is 1.45. The summed E-state index contributed by atoms with van der Waals surface area (Å²) in [5.41, 5.74) is 0. The molecule has 48 valence electrons. The Labute approximate surface area is 62.4 Å². The summed E-state index contributed by atoms with van der Waals surface area (Å²) in [7, 11) is 1.76. The summed E-state index contributed by atoms with van der Waals surface area (Å²) < 4.78 is 2.66. The van der Waals surface area contributed by atoms with Crippen molar-refractivity contribution in [3.8, 4) is 0 Å². The fourth-order valence-corrected chi connectivity index (χ4v) is 0.776. The van der Waals surface area contributed by atoms with E-state index in [4.69, 9.17) is 24.4 Å². The topological polar surface area (TPSA) is 33.6 Å². The molecular weight excluding hydrogens is 154 g/mol. The smallest absolute Gasteiger partial charge is 0.194 e. The minimum Gasteiger partial charge on any atom is -0.321 e. The minimum absolute atomic E-state index is 0.544. The summed E-state index contributed by atoms with van der Waals surface area (Å²) in [6.45, 7) is 0. The molecule has 0 unspecified atom stereocenters. The quantitative estimate of drug-likeness (QED) is 0.578. The summed E-state index contributed by atoms with van der Waals surface area (Å²) >= 11 is 9.58. The highest BCUT2D eigenvalue weighted by Gasteiger charge is 1.80. The Bertz CT molecular complexity index is 310. The molecule has 0 amide bonds. The lowest BCUT2D eigenvalue weighted by atomic mass is 10.9. The average Bonchev–Trinajstić information content (AvgIpc) is 1.80. The highest BCUT2D eigenvalue weighted by atomic mass is 32.1. The molecule has 1 rings (SSSR count). The number of aryl methyl sites for hydroxylation is 1. The summed E-state index contributed by atoms with van der Waals surface area (Å²) in [6, 6.07) is 0. The molecule has 0 saturated heterocycles. The lowest BCUT2D eigenvalue weighted by Gasteiger charge is -1.92. The number of rotatable bonds is 0. The van der Waals surface area contributed by atoms with E-state index in [1.807, 2.05) is 0 Å². The molecule has 0 aromatic carbocycles. The molecule has 1 aromatic rings. The van der Waals surface area contributed by atoms with Crippen LogP contribution >= 0.6 is 24.4 Å². The van der Waals surface area contributed by atoms with Crippen molar-refractivity contribution in [2.24, 2.45) is 7.05 Å². The van der Waals surface area contributed by atoms with Gasteiger partial charge in [-0.3, -0.25) is 0 Å². The van der Waals surface area contributed by atoms with Gasteiger partial charge < -0.3 is 4.98 Å². The summed E-state index contributed by atoms with van der Waals surface area (Å²) in [5, 5.41) is 3.86. The van der Waals surface area contributed by atoms with Crippen LogP contribution in [0.25, 0.3) is 0 Å². The van der Waals surface area contributed by atoms with Crippen LogP contribution < -0.4 is 0 Å². The number of aromatic nitrogens is 3. The lowest BCUT2D eigenvalue weighted by Crippen LogP contribution is -1.98. The molecule has 0 radical (unpaired) electrons. The number of H-pyrrole nitrogens is 1. The molecule has 0 aliphatic carbocycles. The Hall–Kier alpha value is -0.550. The van der Waals surface area contributed by atoms with E-state index >= 15 is 0 Å². The summed E-state index contributed by atoms with van der Waals surface area (Å²) in [6.07, 6.45) is 1.55. The molecule has 0 fully saturated rings. The zero-order chi connectivity index (χ0) is 6.85. The second-order valence-corrected chi connectivity index (χ2v) is 2.39. The van der Waals surface area contributed by atoms with Crippen LogP contribution in [0.4, 0.5) is 0 Å². The third kappa shape index (κ3) is 1.43. The second kappa shape index (κ2) is 2.36. The van der Waals surface area contributed by atoms with Gasteiger partial charge in [-0.05, 0) is 12.2 Å². The molecular formula is C4H5N3S2. The van der Waals surface area contributed by atoms with Gasteiger partial charge in [0.1, 0.15) is 4.64 Å². The van der Waals surface area contributed by atoms with Crippen LogP contribution in [0, 0.1) is 9.41 Å². The number of hydrogen-bond donors (Lipinski definition) is 1. The average molecular weight is 159 g/mol. The molecule has 0 bridgehead atoms. The van der Waals surface area contributed by atoms with Crippen LogP contribution in [0.3, 0.4) is 0 Å². The number of aromatic amines is 1. The van der Waals surface area contributed by atoms with Gasteiger partial charge in [0, 0.05) is 7.05 Å². The van der Waals surface area contributed by atoms with Gasteiger partial charge in [0.05, 0.1) is 6.20 Å². The molecule has 3 nitrogen and oxygen atoms in total. The van der Waals surface area contributed by atoms with Crippen molar-refractivity contribution in [2.75, 3.05) is 0 Å². The molecule has 0 aliphatic rings. The van der Waals surface area contributed by atoms with E-state index in [-0.39, 0.29) is 0 Å². The molecule has 0 atom stereocenters. The lowest BCUT2D eigenvalue weighted by molar-refractivity contribution is 0.694. The first-order chi connectivity index (χ1) is 4.20. The van der Waals surface area contributed by atoms with Crippen LogP contribution in [0.1, 0.15) is 0 Å². The highest BCUT2D eigenvalue weighted by molar-refractivity contribution is 7.72. The molecule has 1 heterocycles. The zero-order valence-electron chi connectivity index (χ0n) is 4.79. The first kappa shape index (κ1) is 6.57. The van der Waals surface area contributed by atoms with E-state index in [9.17, 15) is 0 Å². The standard InChI is InChI=1S/C4H5N3S2/c1-7-4(9)6-3(8)2-5-7/h2H,1H3,(H,6,8,9). The van der Waals surface area contributed by atoms with Crippen molar-refractivity contribution in [1.82, 2.24) is 14.8 Å². The Kier molecular flexibility index (Phi) is 1.73. The van der Waals surface area contributed by atoms with Crippen molar-refractivity contribution >= 4 is 24.4 Å². The monoisotopic (exact) mass is 159 g/mol. The van der Waals surface area contributed by atoms with Gasteiger partial charge in [0.2, 0.25) is 0 Å². The van der Waals surface area contributed by atoms with Gasteiger partial charge in [0.25, 0.3) is 0 Å². The van der Waals surface area contributed by atoms with Gasteiger partial charge in [-0.1, -0.05) is 12.2 Å². The fraction of sp³-hybridized carbons (Fsp3) is 0.250. The number of hydrogen-bond acceptors (Lipinski definition) is 3. The maximum Gasteiger partial charge on any atom is 0.194 e. The molecule has 1 aromatic heterocycles. The molecule has 0 aliphatic heterocycles. The Morgan fingerprint density at radius 2 is 2.33 bits per heavy atom. The van der Waals surface area contributed by atoms with Crippen molar-refractivity contribution < 1.29 is 0 Å². The van der Waals surface area contributed by atoms with Gasteiger partial charge in [-0.15, -0.1) is 0 Å². The minimum atomic E-state index is 0.544. The predicted molar refractivity (Wildman–Crippen MR) is 39.2 cm³/mol. The van der Waals surface area contributed by atoms with E-state index in [0.29, 0.717) is 9.41 Å². The van der Waals surface area contributed by atoms with Crippen molar-refractivity contribution in [3.05, 3.63) is 15.6 Å². The van der Waals surface area contributed by atoms with Crippen LogP contribution in [-0.4, -0.2) is 14.8 Å². The van der Waals surface area contributed by atoms with E-state index in [0.717, 1.165) is 0 Å². The Balaban J connectivity index is 3.52. The Morgan fingerprint density at radius 1 is 1.67 bits per heavy atom. The van der Waals surface area contributed by atoms with Gasteiger partial charge in [-0.25, -0.2) is 4.68 Å². The van der Waals surface area contributed by atoms with Crippen molar-refractivity contribution in [2.45, 2.75) is 0 Å². The molecule has 9 heavy (non-hydrogen) atoms. The van der Waals surface area contributed by atoms with E-state index in [1.165, 1.54) is 0 Å². The molecule has 1 N–H and O–H groups in total. The van der Waals surface area contributed by atoms with E-state index in [2.05, 4.69) is 10.1 Å². The van der Waals surface area contributed by atoms with Gasteiger partial charge >= 0.3 is 0 Å². The third-order valence-electron chi connectivity index (χ3n) is 0.872. The first-order valence-electron chi connectivity index (χ1n) is 2.33. The second-order valence-electron chi connectivity index (χ2n) is 1.56. The van der Waals surface area contributed by atoms with Crippen molar-refractivity contribution in [1.29, 1.82) is 0 Å². The fourth-order valence-electron chi connectivity index (χ4n) is 0.410. The normalized spacial score (nSPS) is 9.44. The highest BCUT2D eigenvalue weighted by Crippen LogP contribution is 1.81. The van der Waals surface area contributed by atoms with Crippen LogP contribution in [-0.2, 0) is 7.05 Å². The largest absolute Gasteiger partial charge is 0.321 e. The Morgan fingerprint density at radius 3 is 2.78 bits per heavy atom. The van der Waals surface area contributed by atoms with Gasteiger partial charge in [0.15, 0.2) is 4.77 Å². The zero-order valence-corrected chi connectivity index (χ0v) is 6.42. The maximum atomic E-state index is 4.82. The van der Waals surface area contributed by atoms with Crippen LogP contribution in [0.5, 0.6) is 0 Å². The molecule has 0 spiro atoms. The van der Waals surface area contributed by atoms with Crippen LogP contribution in [0.2, 0.25) is 0 Å². The maximum absolute atomic E-state index is 4.82.